The lowest BCUT2D eigenvalue weighted by molar-refractivity contribution is -0.138. The number of alkyl halides is 3. The molecule has 0 bridgehead atoms. The molecule has 3 aromatic carbocycles. The van der Waals surface area contributed by atoms with E-state index in [4.69, 9.17) is 17.0 Å². The van der Waals surface area contributed by atoms with Gasteiger partial charge in [-0.15, -0.1) is 11.3 Å². The molecule has 4 atom stereocenters. The van der Waals surface area contributed by atoms with E-state index in [1.165, 1.54) is 6.07 Å². The molecule has 0 radical (unpaired) electrons. The second kappa shape index (κ2) is 23.8. The van der Waals surface area contributed by atoms with Crippen LogP contribution in [0, 0.1) is 23.7 Å². The van der Waals surface area contributed by atoms with Gasteiger partial charge in [-0.2, -0.15) is 18.4 Å². The largest absolute Gasteiger partial charge is 0.417 e. The van der Waals surface area contributed by atoms with Crippen LogP contribution in [0.3, 0.4) is 0 Å². The number of aliphatic hydroxyl groups excluding tert-OH is 2. The maximum atomic E-state index is 13.7. The number of carbonyl (C=O) groups excluding carboxylic acids is 4. The summed E-state index contributed by atoms with van der Waals surface area (Å²) in [5, 5.41) is 40.2. The van der Waals surface area contributed by atoms with Gasteiger partial charge < -0.3 is 35.8 Å². The average Bonchev–Trinajstić information content (AvgIpc) is 3.99. The SMILES string of the molecule is Cc1ncsc1-c1ccc(CNC(=O)[C@@H]2C[C@@H](O)CN2C(O)[C@@H](NC(=O)COCCCCCNC(=O)CCCc2ccc(N3C(=S)N(c4ccc(C#N)c(C(F)(F)F)c4)C(=O)C3(C)C)cc2)C(C)(C)C)cc1. The van der Waals surface area contributed by atoms with Crippen LogP contribution in [0.15, 0.2) is 72.2 Å². The molecular formula is C52H63F3N8O7S2. The Morgan fingerprint density at radius 2 is 1.65 bits per heavy atom. The molecule has 1 unspecified atom stereocenters. The van der Waals surface area contributed by atoms with Crippen LogP contribution < -0.4 is 25.8 Å². The number of hydrogen-bond acceptors (Lipinski definition) is 12. The number of aryl methyl sites for hydroxylation is 2. The smallest absolute Gasteiger partial charge is 0.392 e. The molecule has 5 N–H and O–H groups in total. The van der Waals surface area contributed by atoms with Crippen molar-refractivity contribution in [3.63, 3.8) is 0 Å². The van der Waals surface area contributed by atoms with Crippen molar-refractivity contribution in [1.82, 2.24) is 25.8 Å². The third kappa shape index (κ3) is 13.6. The molecule has 0 saturated carbocycles. The normalized spacial score (nSPS) is 18.0. The Labute approximate surface area is 427 Å². The lowest BCUT2D eigenvalue weighted by atomic mass is 9.85. The summed E-state index contributed by atoms with van der Waals surface area (Å²) >= 11 is 7.20. The van der Waals surface area contributed by atoms with Crippen molar-refractivity contribution in [1.29, 1.82) is 5.26 Å². The van der Waals surface area contributed by atoms with Gasteiger partial charge in [-0.25, -0.2) is 4.98 Å². The number of rotatable bonds is 21. The zero-order valence-corrected chi connectivity index (χ0v) is 43.0. The number of nitrogens with zero attached hydrogens (tertiary/aromatic N) is 5. The second-order valence-electron chi connectivity index (χ2n) is 19.7. The van der Waals surface area contributed by atoms with E-state index in [9.17, 15) is 47.8 Å². The fourth-order valence-corrected chi connectivity index (χ4v) is 10.2. The monoisotopic (exact) mass is 1030 g/mol. The van der Waals surface area contributed by atoms with Crippen molar-refractivity contribution in [3.8, 4) is 16.5 Å². The molecule has 4 amide bonds. The van der Waals surface area contributed by atoms with E-state index in [2.05, 4.69) is 20.9 Å². The molecule has 2 aliphatic heterocycles. The van der Waals surface area contributed by atoms with Crippen LogP contribution in [0.2, 0.25) is 0 Å². The number of thiocarbonyl (C=S) groups is 1. The molecule has 3 heterocycles. The number of aliphatic hydroxyl groups is 2. The minimum absolute atomic E-state index is 0.00185. The van der Waals surface area contributed by atoms with Crippen molar-refractivity contribution in [2.24, 2.45) is 5.41 Å². The molecule has 0 spiro atoms. The molecule has 20 heteroatoms. The van der Waals surface area contributed by atoms with Gasteiger partial charge in [-0.05, 0) is 124 Å². The Bertz CT molecular complexity index is 2610. The lowest BCUT2D eigenvalue weighted by Gasteiger charge is -2.40. The van der Waals surface area contributed by atoms with Crippen LogP contribution >= 0.6 is 23.6 Å². The van der Waals surface area contributed by atoms with Crippen molar-refractivity contribution in [3.05, 3.63) is 100 Å². The maximum absolute atomic E-state index is 13.7. The van der Waals surface area contributed by atoms with Crippen molar-refractivity contribution in [2.45, 2.75) is 129 Å². The topological polar surface area (TPSA) is 200 Å². The maximum Gasteiger partial charge on any atom is 0.417 e. The summed E-state index contributed by atoms with van der Waals surface area (Å²) in [4.78, 5) is 62.3. The average molecular weight is 1030 g/mol. The van der Waals surface area contributed by atoms with Gasteiger partial charge in [0, 0.05) is 38.3 Å². The quantitative estimate of drug-likeness (QED) is 0.0418. The lowest BCUT2D eigenvalue weighted by Crippen LogP contribution is -2.60. The summed E-state index contributed by atoms with van der Waals surface area (Å²) in [5.74, 6) is -1.36. The van der Waals surface area contributed by atoms with E-state index in [1.807, 2.05) is 64.1 Å². The van der Waals surface area contributed by atoms with E-state index in [-0.39, 0.29) is 48.7 Å². The molecule has 386 valence electrons. The van der Waals surface area contributed by atoms with Crippen LogP contribution in [0.4, 0.5) is 24.5 Å². The van der Waals surface area contributed by atoms with Gasteiger partial charge in [0.15, 0.2) is 5.11 Å². The van der Waals surface area contributed by atoms with Crippen LogP contribution in [0.1, 0.15) is 101 Å². The van der Waals surface area contributed by atoms with E-state index < -0.39 is 64.5 Å². The van der Waals surface area contributed by atoms with Crippen molar-refractivity contribution < 1.29 is 47.3 Å². The minimum atomic E-state index is -4.80. The number of nitrogens with one attached hydrogen (secondary N) is 3. The van der Waals surface area contributed by atoms with Gasteiger partial charge in [-0.1, -0.05) is 57.2 Å². The summed E-state index contributed by atoms with van der Waals surface area (Å²) < 4.78 is 46.8. The summed E-state index contributed by atoms with van der Waals surface area (Å²) in [5.41, 5.74) is 2.57. The third-order valence-corrected chi connectivity index (χ3v) is 14.2. The first-order valence-electron chi connectivity index (χ1n) is 23.9. The molecule has 72 heavy (non-hydrogen) atoms. The van der Waals surface area contributed by atoms with Crippen LogP contribution in [0.5, 0.6) is 0 Å². The number of carbonyl (C=O) groups is 4. The highest BCUT2D eigenvalue weighted by atomic mass is 32.1. The first-order valence-corrected chi connectivity index (χ1v) is 25.2. The number of amides is 4. The third-order valence-electron chi connectivity index (χ3n) is 12.9. The number of benzene rings is 3. The van der Waals surface area contributed by atoms with Gasteiger partial charge in [0.05, 0.1) is 57.2 Å². The Balaban J connectivity index is 0.865. The van der Waals surface area contributed by atoms with Gasteiger partial charge in [-0.3, -0.25) is 29.0 Å². The first-order chi connectivity index (χ1) is 34.0. The summed E-state index contributed by atoms with van der Waals surface area (Å²) in [7, 11) is 0. The first kappa shape index (κ1) is 55.5. The number of β-amino-alcohol motifs (C(OH)–C–C–N with tert-alkyl or cyclic N) is 1. The van der Waals surface area contributed by atoms with Gasteiger partial charge in [0.1, 0.15) is 18.4 Å². The zero-order chi connectivity index (χ0) is 52.5. The van der Waals surface area contributed by atoms with Gasteiger partial charge >= 0.3 is 6.18 Å². The van der Waals surface area contributed by atoms with Gasteiger partial charge in [0.25, 0.3) is 5.91 Å². The number of halogens is 3. The number of thiazole rings is 1. The molecule has 15 nitrogen and oxygen atoms in total. The summed E-state index contributed by atoms with van der Waals surface area (Å²) in [6.07, 6.45) is -3.17. The van der Waals surface area contributed by atoms with E-state index in [0.29, 0.717) is 50.9 Å². The highest BCUT2D eigenvalue weighted by Gasteiger charge is 2.51. The van der Waals surface area contributed by atoms with E-state index in [0.717, 1.165) is 50.7 Å². The number of likely N-dealkylation sites (tertiary alicyclic amines) is 1. The number of unbranched alkanes of at least 4 members (excludes halogenated alkanes) is 2. The highest BCUT2D eigenvalue weighted by Crippen LogP contribution is 2.40. The van der Waals surface area contributed by atoms with Crippen molar-refractivity contribution in [2.75, 3.05) is 36.1 Å². The molecule has 2 saturated heterocycles. The number of aromatic nitrogens is 1. The summed E-state index contributed by atoms with van der Waals surface area (Å²) in [6, 6.07) is 18.1. The molecule has 6 rings (SSSR count). The molecule has 2 fully saturated rings. The number of hydrogen-bond donors (Lipinski definition) is 5. The van der Waals surface area contributed by atoms with Gasteiger partial charge in [0.2, 0.25) is 17.7 Å². The Hall–Kier alpha value is -5.82. The fraction of sp³-hybridized carbons (Fsp3) is 0.481. The molecular weight excluding hydrogens is 970 g/mol. The second-order valence-corrected chi connectivity index (χ2v) is 21.0. The predicted molar refractivity (Wildman–Crippen MR) is 273 cm³/mol. The number of ether oxygens (including phenoxy) is 1. The van der Waals surface area contributed by atoms with Crippen LogP contribution in [-0.4, -0.2) is 105 Å². The standard InChI is InChI=1S/C52H63F3N8O7S2/c1-32-44(72-31-59-32)35-17-13-34(14-18-35)28-58-46(67)41-26-39(64)29-61(41)47(68)45(50(2,3)4)60-43(66)30-70-24-9-7-8-23-57-42(65)12-10-11-33-15-20-37(21-16-33)63-49(71)62(48(69)51(63,5)6)38-22-19-36(27-56)40(25-38)52(53,54)55/h13-22,25,31,39,41,45,47,64,68H,7-12,23-24,26,28-30H2,1-6H3,(H,57,65)(H,58,67)(H,60,66)/t39-,41+,45-,47?/m1/s1. The molecule has 4 aromatic rings. The number of nitriles is 1. The Morgan fingerprint density at radius 3 is 2.29 bits per heavy atom. The fourth-order valence-electron chi connectivity index (χ4n) is 8.90. The Kier molecular flexibility index (Phi) is 18.4. The van der Waals surface area contributed by atoms with E-state index >= 15 is 0 Å². The zero-order valence-electron chi connectivity index (χ0n) is 41.3. The van der Waals surface area contributed by atoms with Crippen molar-refractivity contribution >= 4 is 63.7 Å². The Morgan fingerprint density at radius 1 is 0.972 bits per heavy atom. The van der Waals surface area contributed by atoms with Crippen LogP contribution in [-0.2, 0) is 43.1 Å². The molecule has 2 aliphatic rings. The summed E-state index contributed by atoms with van der Waals surface area (Å²) in [6.45, 7) is 11.7. The number of anilines is 2. The minimum Gasteiger partial charge on any atom is -0.392 e. The van der Waals surface area contributed by atoms with E-state index in [1.54, 1.807) is 58.7 Å². The molecule has 0 aliphatic carbocycles. The predicted octanol–water partition coefficient (Wildman–Crippen LogP) is 7.15. The van der Waals surface area contributed by atoms with Crippen LogP contribution in [0.25, 0.3) is 10.4 Å². The highest BCUT2D eigenvalue weighted by molar-refractivity contribution is 7.81. The molecule has 1 aromatic heterocycles.